The molecule has 2 nitrogen and oxygen atoms in total. The number of hydrogen-bond acceptors (Lipinski definition) is 2. The molecule has 0 radical (unpaired) electrons. The molecule has 0 fully saturated rings. The molecule has 0 N–H and O–H groups in total. The lowest BCUT2D eigenvalue weighted by Crippen LogP contribution is -1.90. The van der Waals surface area contributed by atoms with Crippen molar-refractivity contribution < 1.29 is 8.83 Å². The van der Waals surface area contributed by atoms with Gasteiger partial charge < -0.3 is 8.83 Å². The Balaban J connectivity index is 1.59. The second-order valence-corrected chi connectivity index (χ2v) is 10.4. The molecular weight excluding hydrogens is 440 g/mol. The maximum Gasteiger partial charge on any atom is 0.136 e. The van der Waals surface area contributed by atoms with Crippen LogP contribution in [-0.2, 0) is 0 Å². The summed E-state index contributed by atoms with van der Waals surface area (Å²) in [4.78, 5) is 0. The van der Waals surface area contributed by atoms with E-state index in [1.807, 2.05) is 0 Å². The van der Waals surface area contributed by atoms with Gasteiger partial charge in [0.15, 0.2) is 0 Å². The van der Waals surface area contributed by atoms with Gasteiger partial charge >= 0.3 is 0 Å². The summed E-state index contributed by atoms with van der Waals surface area (Å²) in [6, 6.07) is 31.0. The Morgan fingerprint density at radius 3 is 1.19 bits per heavy atom. The van der Waals surface area contributed by atoms with Gasteiger partial charge in [-0.3, -0.25) is 0 Å². The summed E-state index contributed by atoms with van der Waals surface area (Å²) in [6.45, 7) is 0. The van der Waals surface area contributed by atoms with Crippen LogP contribution in [-0.4, -0.2) is 0 Å². The highest BCUT2D eigenvalue weighted by atomic mass is 16.3. The third-order valence-electron chi connectivity index (χ3n) is 8.79. The smallest absolute Gasteiger partial charge is 0.136 e. The van der Waals surface area contributed by atoms with Crippen LogP contribution in [0.4, 0.5) is 0 Å². The van der Waals surface area contributed by atoms with E-state index >= 15 is 0 Å². The lowest BCUT2D eigenvalue weighted by molar-refractivity contribution is 0.670. The van der Waals surface area contributed by atoms with Crippen molar-refractivity contribution in [2.75, 3.05) is 0 Å². The lowest BCUT2D eigenvalue weighted by Gasteiger charge is -2.16. The van der Waals surface area contributed by atoms with Gasteiger partial charge in [0.25, 0.3) is 0 Å². The monoisotopic (exact) mass is 454 g/mol. The van der Waals surface area contributed by atoms with Gasteiger partial charge in [0.2, 0.25) is 0 Å². The normalized spacial score (nSPS) is 13.6. The predicted molar refractivity (Wildman–Crippen MR) is 151 cm³/mol. The first-order valence-corrected chi connectivity index (χ1v) is 12.4. The molecule has 11 aromatic rings. The Labute approximate surface area is 202 Å². The van der Waals surface area contributed by atoms with Crippen LogP contribution in [0, 0.1) is 0 Å². The minimum absolute atomic E-state index is 0.960. The van der Waals surface area contributed by atoms with Crippen molar-refractivity contribution in [2.24, 2.45) is 0 Å². The standard InChI is InChI=1S/C34H14O2/c1-3-7-19-15(5-1)9-17-11-23-29-30-24(35-23)12-18-10-16-6-2-4-8-20(16)22-14-26-32(34(30)28(18)22)31-25(36-26)13-21(19)27(17)33(29)31/h1-14H. The second kappa shape index (κ2) is 5.07. The first kappa shape index (κ1) is 16.7. The Morgan fingerprint density at radius 2 is 0.722 bits per heavy atom. The van der Waals surface area contributed by atoms with Crippen molar-refractivity contribution in [2.45, 2.75) is 0 Å². The van der Waals surface area contributed by atoms with Gasteiger partial charge in [-0.2, -0.15) is 0 Å². The van der Waals surface area contributed by atoms with Gasteiger partial charge in [-0.05, 0) is 90.3 Å². The summed E-state index contributed by atoms with van der Waals surface area (Å²) < 4.78 is 13.4. The van der Waals surface area contributed by atoms with Crippen LogP contribution in [0.15, 0.2) is 93.8 Å². The summed E-state index contributed by atoms with van der Waals surface area (Å²) in [5.41, 5.74) is 3.84. The zero-order chi connectivity index (χ0) is 22.9. The number of hydrogen-bond donors (Lipinski definition) is 0. The molecule has 0 saturated carbocycles. The van der Waals surface area contributed by atoms with E-state index in [1.54, 1.807) is 0 Å². The van der Waals surface area contributed by atoms with Crippen LogP contribution in [0.1, 0.15) is 0 Å². The van der Waals surface area contributed by atoms with Crippen LogP contribution in [0.2, 0.25) is 0 Å². The van der Waals surface area contributed by atoms with E-state index in [-0.39, 0.29) is 0 Å². The SMILES string of the molecule is c1ccc2c(c1)cc1cc3oc4cc5cc6ccccc6c6cc7oc8cc2c1c1c3c4c(c56)c7c81. The molecule has 9 aromatic carbocycles. The quantitative estimate of drug-likeness (QED) is 0.168. The van der Waals surface area contributed by atoms with E-state index in [1.165, 1.54) is 86.2 Å². The second-order valence-electron chi connectivity index (χ2n) is 10.4. The van der Waals surface area contributed by atoms with Crippen molar-refractivity contribution in [3.8, 4) is 0 Å². The molecule has 0 saturated heterocycles. The topological polar surface area (TPSA) is 26.3 Å². The highest BCUT2D eigenvalue weighted by Crippen LogP contribution is 2.55. The van der Waals surface area contributed by atoms with Gasteiger partial charge in [0.1, 0.15) is 22.3 Å². The number of furan rings is 2. The summed E-state index contributed by atoms with van der Waals surface area (Å²) in [5.74, 6) is 0. The van der Waals surface area contributed by atoms with E-state index in [0.717, 1.165) is 22.3 Å². The molecule has 2 heteroatoms. The molecule has 0 spiro atoms. The molecule has 0 unspecified atom stereocenters. The lowest BCUT2D eigenvalue weighted by atomic mass is 9.84. The minimum atomic E-state index is 0.960. The van der Waals surface area contributed by atoms with Gasteiger partial charge in [0, 0.05) is 32.3 Å². The maximum absolute atomic E-state index is 6.74. The average Bonchev–Trinajstić information content (AvgIpc) is 3.46. The summed E-state index contributed by atoms with van der Waals surface area (Å²) in [7, 11) is 0. The fraction of sp³-hybridized carbons (Fsp3) is 0. The van der Waals surface area contributed by atoms with E-state index in [4.69, 9.17) is 8.83 Å². The summed E-state index contributed by atoms with van der Waals surface area (Å²) in [5, 5.41) is 20.1. The summed E-state index contributed by atoms with van der Waals surface area (Å²) in [6.07, 6.45) is 0. The molecule has 0 aliphatic rings. The van der Waals surface area contributed by atoms with E-state index < -0.39 is 0 Å². The maximum atomic E-state index is 6.74. The van der Waals surface area contributed by atoms with Gasteiger partial charge in [-0.15, -0.1) is 0 Å². The van der Waals surface area contributed by atoms with Crippen LogP contribution in [0.5, 0.6) is 0 Å². The van der Waals surface area contributed by atoms with Crippen molar-refractivity contribution in [1.29, 1.82) is 0 Å². The Bertz CT molecular complexity index is 2480. The van der Waals surface area contributed by atoms with Crippen LogP contribution in [0.25, 0.3) is 109 Å². The van der Waals surface area contributed by atoms with Crippen molar-refractivity contribution >= 4 is 109 Å². The van der Waals surface area contributed by atoms with Gasteiger partial charge in [-0.25, -0.2) is 0 Å². The predicted octanol–water partition coefficient (Wildman–Crippen LogP) is 10.2. The number of rotatable bonds is 0. The fourth-order valence-corrected chi connectivity index (χ4v) is 7.51. The van der Waals surface area contributed by atoms with Crippen LogP contribution >= 0.6 is 0 Å². The zero-order valence-corrected chi connectivity index (χ0v) is 18.9. The van der Waals surface area contributed by atoms with E-state index in [0.29, 0.717) is 0 Å². The van der Waals surface area contributed by atoms with Crippen LogP contribution < -0.4 is 0 Å². The highest BCUT2D eigenvalue weighted by Gasteiger charge is 2.29. The summed E-state index contributed by atoms with van der Waals surface area (Å²) >= 11 is 0. The molecule has 36 heavy (non-hydrogen) atoms. The molecule has 0 aliphatic heterocycles. The molecule has 11 rings (SSSR count). The van der Waals surface area contributed by atoms with Crippen LogP contribution in [0.3, 0.4) is 0 Å². The fourth-order valence-electron chi connectivity index (χ4n) is 7.51. The van der Waals surface area contributed by atoms with Crippen molar-refractivity contribution in [3.63, 3.8) is 0 Å². The molecular formula is C34H14O2. The third-order valence-corrected chi connectivity index (χ3v) is 8.79. The molecule has 0 bridgehead atoms. The molecule has 0 aliphatic carbocycles. The average molecular weight is 454 g/mol. The molecule has 0 amide bonds. The molecule has 0 atom stereocenters. The minimum Gasteiger partial charge on any atom is -0.456 e. The van der Waals surface area contributed by atoms with Gasteiger partial charge in [-0.1, -0.05) is 48.5 Å². The number of fused-ring (bicyclic) bond motifs is 4. The Kier molecular flexibility index (Phi) is 2.36. The highest BCUT2D eigenvalue weighted by molar-refractivity contribution is 6.50. The Morgan fingerprint density at radius 1 is 0.306 bits per heavy atom. The third kappa shape index (κ3) is 1.58. The largest absolute Gasteiger partial charge is 0.456 e. The van der Waals surface area contributed by atoms with Gasteiger partial charge in [0.05, 0.1) is 0 Å². The van der Waals surface area contributed by atoms with Crippen molar-refractivity contribution in [3.05, 3.63) is 84.9 Å². The first-order chi connectivity index (χ1) is 17.8. The molecule has 2 heterocycles. The van der Waals surface area contributed by atoms with Crippen molar-refractivity contribution in [1.82, 2.24) is 0 Å². The first-order valence-electron chi connectivity index (χ1n) is 12.4. The van der Waals surface area contributed by atoms with E-state index in [9.17, 15) is 0 Å². The number of benzene rings is 9. The zero-order valence-electron chi connectivity index (χ0n) is 18.9. The Hall–Kier alpha value is -4.82. The molecule has 2 aromatic heterocycles. The molecule has 162 valence electrons. The van der Waals surface area contributed by atoms with E-state index in [2.05, 4.69) is 84.9 Å².